The van der Waals surface area contributed by atoms with Gasteiger partial charge in [0.15, 0.2) is 0 Å². The quantitative estimate of drug-likeness (QED) is 0.536. The Bertz CT molecular complexity index is 182. The predicted octanol–water partition coefficient (Wildman–Crippen LogP) is -0.550. The van der Waals surface area contributed by atoms with E-state index in [1.54, 1.807) is 0 Å². The van der Waals surface area contributed by atoms with Gasteiger partial charge in [0.1, 0.15) is 5.41 Å². The number of nitrogens with one attached hydrogen (secondary N) is 1. The Hall–Kier alpha value is -0.610. The minimum Gasteiger partial charge on any atom is -0.481 e. The van der Waals surface area contributed by atoms with Crippen LogP contribution in [-0.4, -0.2) is 36.9 Å². The van der Waals surface area contributed by atoms with E-state index in [1.165, 1.54) is 0 Å². The largest absolute Gasteiger partial charge is 0.481 e. The number of aliphatic carboxylic acids is 1. The van der Waals surface area contributed by atoms with Crippen LogP contribution in [0.25, 0.3) is 0 Å². The highest BCUT2D eigenvalue weighted by molar-refractivity contribution is 5.76. The first-order valence-electron chi connectivity index (χ1n) is 3.80. The van der Waals surface area contributed by atoms with Gasteiger partial charge < -0.3 is 15.2 Å². The van der Waals surface area contributed by atoms with Gasteiger partial charge in [0, 0.05) is 6.04 Å². The molecule has 0 aliphatic carbocycles. The standard InChI is InChI=1S/C7H11NO3/c9-6(10)7-1-2-8-5(7)3-11-4-7/h5,8H,1-4H2,(H,9,10). The Morgan fingerprint density at radius 2 is 2.55 bits per heavy atom. The molecule has 2 fully saturated rings. The van der Waals surface area contributed by atoms with E-state index in [1.807, 2.05) is 0 Å². The zero-order valence-electron chi connectivity index (χ0n) is 6.17. The molecule has 2 atom stereocenters. The van der Waals surface area contributed by atoms with E-state index in [0.29, 0.717) is 19.6 Å². The summed E-state index contributed by atoms with van der Waals surface area (Å²) in [6, 6.07) is 0.0417. The SMILES string of the molecule is O=C(O)C12CCNC1COC2. The fourth-order valence-corrected chi connectivity index (χ4v) is 1.91. The summed E-state index contributed by atoms with van der Waals surface area (Å²) in [5, 5.41) is 12.1. The molecule has 0 radical (unpaired) electrons. The van der Waals surface area contributed by atoms with Crippen molar-refractivity contribution in [3.63, 3.8) is 0 Å². The summed E-state index contributed by atoms with van der Waals surface area (Å²) in [6.45, 7) is 1.73. The van der Waals surface area contributed by atoms with Crippen molar-refractivity contribution in [2.24, 2.45) is 5.41 Å². The molecule has 62 valence electrons. The van der Waals surface area contributed by atoms with E-state index >= 15 is 0 Å². The van der Waals surface area contributed by atoms with Crippen molar-refractivity contribution in [2.45, 2.75) is 12.5 Å². The van der Waals surface area contributed by atoms with Crippen molar-refractivity contribution in [2.75, 3.05) is 19.8 Å². The molecule has 2 saturated heterocycles. The number of rotatable bonds is 1. The first kappa shape index (κ1) is 7.06. The van der Waals surface area contributed by atoms with Gasteiger partial charge in [-0.1, -0.05) is 0 Å². The minimum atomic E-state index is -0.718. The number of fused-ring (bicyclic) bond motifs is 1. The van der Waals surface area contributed by atoms with Crippen LogP contribution in [0.3, 0.4) is 0 Å². The Balaban J connectivity index is 2.26. The van der Waals surface area contributed by atoms with Crippen LogP contribution in [0.1, 0.15) is 6.42 Å². The third-order valence-electron chi connectivity index (χ3n) is 2.70. The van der Waals surface area contributed by atoms with Gasteiger partial charge >= 0.3 is 5.97 Å². The molecule has 4 nitrogen and oxygen atoms in total. The van der Waals surface area contributed by atoms with Gasteiger partial charge in [0.2, 0.25) is 0 Å². The molecule has 4 heteroatoms. The summed E-state index contributed by atoms with van der Waals surface area (Å²) in [5.74, 6) is -0.718. The maximum Gasteiger partial charge on any atom is 0.313 e. The second-order valence-corrected chi connectivity index (χ2v) is 3.23. The maximum absolute atomic E-state index is 10.9. The lowest BCUT2D eigenvalue weighted by Gasteiger charge is -2.19. The Morgan fingerprint density at radius 1 is 1.73 bits per heavy atom. The van der Waals surface area contributed by atoms with Crippen molar-refractivity contribution >= 4 is 5.97 Å². The summed E-state index contributed by atoms with van der Waals surface area (Å²) in [6.07, 6.45) is 0.701. The number of hydrogen-bond donors (Lipinski definition) is 2. The highest BCUT2D eigenvalue weighted by Gasteiger charge is 2.53. The zero-order valence-corrected chi connectivity index (χ0v) is 6.17. The molecular formula is C7H11NO3. The second-order valence-electron chi connectivity index (χ2n) is 3.23. The molecule has 11 heavy (non-hydrogen) atoms. The van der Waals surface area contributed by atoms with E-state index in [-0.39, 0.29) is 6.04 Å². The predicted molar refractivity (Wildman–Crippen MR) is 37.3 cm³/mol. The van der Waals surface area contributed by atoms with Crippen LogP contribution in [0.2, 0.25) is 0 Å². The Labute approximate surface area is 64.5 Å². The lowest BCUT2D eigenvalue weighted by atomic mass is 9.83. The topological polar surface area (TPSA) is 58.6 Å². The van der Waals surface area contributed by atoms with Gasteiger partial charge in [0.05, 0.1) is 13.2 Å². The Kier molecular flexibility index (Phi) is 1.40. The molecule has 2 unspecified atom stereocenters. The molecule has 2 heterocycles. The second kappa shape index (κ2) is 2.19. The number of carbonyl (C=O) groups is 1. The summed E-state index contributed by atoms with van der Waals surface area (Å²) < 4.78 is 5.13. The highest BCUT2D eigenvalue weighted by atomic mass is 16.5. The van der Waals surface area contributed by atoms with E-state index in [0.717, 1.165) is 6.54 Å². The highest BCUT2D eigenvalue weighted by Crippen LogP contribution is 2.36. The van der Waals surface area contributed by atoms with Crippen LogP contribution < -0.4 is 5.32 Å². The first-order chi connectivity index (χ1) is 5.26. The molecule has 0 amide bonds. The maximum atomic E-state index is 10.9. The molecule has 2 aliphatic heterocycles. The van der Waals surface area contributed by atoms with Crippen LogP contribution >= 0.6 is 0 Å². The molecule has 0 saturated carbocycles. The lowest BCUT2D eigenvalue weighted by molar-refractivity contribution is -0.148. The van der Waals surface area contributed by atoms with Crippen molar-refractivity contribution in [1.29, 1.82) is 0 Å². The van der Waals surface area contributed by atoms with Crippen LogP contribution in [0.4, 0.5) is 0 Å². The Morgan fingerprint density at radius 3 is 3.18 bits per heavy atom. The van der Waals surface area contributed by atoms with E-state index in [4.69, 9.17) is 9.84 Å². The van der Waals surface area contributed by atoms with E-state index < -0.39 is 11.4 Å². The zero-order chi connectivity index (χ0) is 7.90. The van der Waals surface area contributed by atoms with Crippen molar-refractivity contribution in [3.8, 4) is 0 Å². The normalized spacial score (nSPS) is 42.4. The summed E-state index contributed by atoms with van der Waals surface area (Å²) in [4.78, 5) is 10.9. The third-order valence-corrected chi connectivity index (χ3v) is 2.70. The van der Waals surface area contributed by atoms with Crippen molar-refractivity contribution < 1.29 is 14.6 Å². The van der Waals surface area contributed by atoms with Crippen LogP contribution in [-0.2, 0) is 9.53 Å². The van der Waals surface area contributed by atoms with E-state index in [2.05, 4.69) is 5.32 Å². The number of carboxylic acid groups (broad SMARTS) is 1. The smallest absolute Gasteiger partial charge is 0.313 e. The van der Waals surface area contributed by atoms with Crippen molar-refractivity contribution in [1.82, 2.24) is 5.32 Å². The fourth-order valence-electron chi connectivity index (χ4n) is 1.91. The van der Waals surface area contributed by atoms with Gasteiger partial charge in [-0.05, 0) is 13.0 Å². The van der Waals surface area contributed by atoms with Gasteiger partial charge in [-0.25, -0.2) is 0 Å². The lowest BCUT2D eigenvalue weighted by Crippen LogP contribution is -2.41. The molecule has 0 bridgehead atoms. The summed E-state index contributed by atoms with van der Waals surface area (Å²) in [7, 11) is 0. The van der Waals surface area contributed by atoms with Gasteiger partial charge in [0.25, 0.3) is 0 Å². The molecule has 2 rings (SSSR count). The summed E-state index contributed by atoms with van der Waals surface area (Å²) in [5.41, 5.74) is -0.611. The molecule has 0 spiro atoms. The molecule has 0 aromatic heterocycles. The van der Waals surface area contributed by atoms with Crippen LogP contribution in [0.15, 0.2) is 0 Å². The third kappa shape index (κ3) is 0.795. The molecule has 0 aromatic carbocycles. The van der Waals surface area contributed by atoms with Crippen molar-refractivity contribution in [3.05, 3.63) is 0 Å². The molecule has 2 aliphatic rings. The average Bonchev–Trinajstić information content (AvgIpc) is 2.40. The molecule has 0 aromatic rings. The van der Waals surface area contributed by atoms with Gasteiger partial charge in [-0.15, -0.1) is 0 Å². The average molecular weight is 157 g/mol. The number of ether oxygens (including phenoxy) is 1. The van der Waals surface area contributed by atoms with E-state index in [9.17, 15) is 4.79 Å². The first-order valence-corrected chi connectivity index (χ1v) is 3.80. The fraction of sp³-hybridized carbons (Fsp3) is 0.857. The molecule has 2 N–H and O–H groups in total. The number of carboxylic acids is 1. The number of hydrogen-bond acceptors (Lipinski definition) is 3. The molecular weight excluding hydrogens is 146 g/mol. The van der Waals surface area contributed by atoms with Gasteiger partial charge in [-0.2, -0.15) is 0 Å². The van der Waals surface area contributed by atoms with Crippen LogP contribution in [0.5, 0.6) is 0 Å². The summed E-state index contributed by atoms with van der Waals surface area (Å²) >= 11 is 0. The van der Waals surface area contributed by atoms with Crippen LogP contribution in [0, 0.1) is 5.41 Å². The van der Waals surface area contributed by atoms with Gasteiger partial charge in [-0.3, -0.25) is 4.79 Å². The monoisotopic (exact) mass is 157 g/mol. The minimum absolute atomic E-state index is 0.0417.